The molecule has 0 fully saturated rings. The number of nitrogens with zero attached hydrogens (tertiary/aromatic N) is 2. The highest BCUT2D eigenvalue weighted by Gasteiger charge is 2.23. The zero-order valence-electron chi connectivity index (χ0n) is 8.98. The molecule has 0 aliphatic rings. The highest BCUT2D eigenvalue weighted by Crippen LogP contribution is 2.32. The van der Waals surface area contributed by atoms with Crippen molar-refractivity contribution in [1.82, 2.24) is 9.97 Å². The Morgan fingerprint density at radius 3 is 2.33 bits per heavy atom. The maximum atomic E-state index is 12.3. The molecule has 3 nitrogen and oxygen atoms in total. The van der Waals surface area contributed by atoms with Crippen LogP contribution in [-0.2, 0) is 0 Å². The van der Waals surface area contributed by atoms with Crippen molar-refractivity contribution < 1.29 is 4.79 Å². The fourth-order valence-corrected chi connectivity index (χ4v) is 2.62. The minimum atomic E-state index is -0.597. The predicted octanol–water partition coefficient (Wildman–Crippen LogP) is 4.10. The molecule has 0 spiro atoms. The van der Waals surface area contributed by atoms with Crippen LogP contribution in [0.3, 0.4) is 0 Å². The summed E-state index contributed by atoms with van der Waals surface area (Å²) >= 11 is 15.2. The average molecular weight is 346 g/mol. The maximum Gasteiger partial charge on any atom is 0.184 e. The van der Waals surface area contributed by atoms with E-state index in [1.807, 2.05) is 0 Å². The van der Waals surface area contributed by atoms with Crippen LogP contribution in [0.1, 0.15) is 20.7 Å². The first kappa shape index (κ1) is 13.5. The van der Waals surface area contributed by atoms with Crippen molar-refractivity contribution in [1.29, 1.82) is 0 Å². The van der Waals surface area contributed by atoms with Gasteiger partial charge in [0.15, 0.2) is 5.78 Å². The Bertz CT molecular complexity index is 592. The van der Waals surface area contributed by atoms with Crippen LogP contribution in [-0.4, -0.2) is 15.8 Å². The van der Waals surface area contributed by atoms with Crippen molar-refractivity contribution in [2.75, 3.05) is 0 Å². The predicted molar refractivity (Wildman–Crippen MR) is 74.5 cm³/mol. The third-order valence-electron chi connectivity index (χ3n) is 2.32. The minimum Gasteiger partial charge on any atom is -0.292 e. The molecule has 0 aromatic carbocycles. The second-order valence-corrected chi connectivity index (χ2v) is 5.08. The van der Waals surface area contributed by atoms with Gasteiger partial charge in [0.05, 0.1) is 5.56 Å². The number of alkyl halides is 1. The molecule has 0 amide bonds. The van der Waals surface area contributed by atoms with Crippen molar-refractivity contribution in [3.63, 3.8) is 0 Å². The number of pyridine rings is 2. The molecular formula is C12H7BrCl2N2O. The van der Waals surface area contributed by atoms with Gasteiger partial charge >= 0.3 is 0 Å². The summed E-state index contributed by atoms with van der Waals surface area (Å²) in [5, 5.41) is 0.458. The lowest BCUT2D eigenvalue weighted by atomic mass is 10.1. The van der Waals surface area contributed by atoms with E-state index in [0.717, 1.165) is 0 Å². The second-order valence-electron chi connectivity index (χ2n) is 3.45. The van der Waals surface area contributed by atoms with Crippen molar-refractivity contribution in [3.05, 3.63) is 58.1 Å². The molecule has 0 aliphatic heterocycles. The van der Waals surface area contributed by atoms with Crippen LogP contribution in [0.2, 0.25) is 10.3 Å². The third kappa shape index (κ3) is 2.71. The molecule has 2 aromatic heterocycles. The van der Waals surface area contributed by atoms with Gasteiger partial charge in [-0.3, -0.25) is 4.79 Å². The van der Waals surface area contributed by atoms with Crippen molar-refractivity contribution >= 4 is 44.9 Å². The Morgan fingerprint density at radius 1 is 1.11 bits per heavy atom. The van der Waals surface area contributed by atoms with Gasteiger partial charge < -0.3 is 0 Å². The third-order valence-corrected chi connectivity index (χ3v) is 3.84. The lowest BCUT2D eigenvalue weighted by Gasteiger charge is -2.10. The molecule has 0 aliphatic carbocycles. The smallest absolute Gasteiger partial charge is 0.184 e. The van der Waals surface area contributed by atoms with Gasteiger partial charge in [0.2, 0.25) is 0 Å². The van der Waals surface area contributed by atoms with Gasteiger partial charge in [-0.05, 0) is 18.2 Å². The first-order valence-electron chi connectivity index (χ1n) is 5.00. The van der Waals surface area contributed by atoms with Crippen LogP contribution in [0, 0.1) is 0 Å². The highest BCUT2D eigenvalue weighted by molar-refractivity contribution is 9.09. The molecule has 92 valence electrons. The van der Waals surface area contributed by atoms with E-state index >= 15 is 0 Å². The summed E-state index contributed by atoms with van der Waals surface area (Å²) in [6.45, 7) is 0. The van der Waals surface area contributed by atoms with E-state index in [0.29, 0.717) is 11.1 Å². The summed E-state index contributed by atoms with van der Waals surface area (Å²) in [5.41, 5.74) is 0.949. The van der Waals surface area contributed by atoms with Crippen LogP contribution in [0.15, 0.2) is 36.7 Å². The molecule has 0 radical (unpaired) electrons. The van der Waals surface area contributed by atoms with Crippen LogP contribution in [0.5, 0.6) is 0 Å². The minimum absolute atomic E-state index is 0.173. The van der Waals surface area contributed by atoms with Crippen molar-refractivity contribution in [2.24, 2.45) is 0 Å². The number of carbonyl (C=O) groups is 1. The molecule has 6 heteroatoms. The number of hydrogen-bond donors (Lipinski definition) is 0. The number of hydrogen-bond acceptors (Lipinski definition) is 3. The molecule has 0 saturated carbocycles. The Balaban J connectivity index is 2.36. The fourth-order valence-electron chi connectivity index (χ4n) is 1.44. The van der Waals surface area contributed by atoms with Crippen LogP contribution < -0.4 is 0 Å². The summed E-state index contributed by atoms with van der Waals surface area (Å²) < 4.78 is 0. The summed E-state index contributed by atoms with van der Waals surface area (Å²) in [6, 6.07) is 6.73. The van der Waals surface area contributed by atoms with Gasteiger partial charge in [-0.2, -0.15) is 0 Å². The lowest BCUT2D eigenvalue weighted by molar-refractivity contribution is 0.0991. The molecule has 1 unspecified atom stereocenters. The van der Waals surface area contributed by atoms with Crippen LogP contribution >= 0.6 is 39.1 Å². The topological polar surface area (TPSA) is 42.9 Å². The van der Waals surface area contributed by atoms with E-state index in [2.05, 4.69) is 25.9 Å². The fraction of sp³-hybridized carbons (Fsp3) is 0.0833. The summed E-state index contributed by atoms with van der Waals surface area (Å²) in [4.78, 5) is 19.5. The van der Waals surface area contributed by atoms with E-state index in [9.17, 15) is 4.79 Å². The summed E-state index contributed by atoms with van der Waals surface area (Å²) in [6.07, 6.45) is 3.09. The largest absolute Gasteiger partial charge is 0.292 e. The van der Waals surface area contributed by atoms with Crippen LogP contribution in [0.4, 0.5) is 0 Å². The monoisotopic (exact) mass is 344 g/mol. The molecule has 2 aromatic rings. The molecule has 0 bridgehead atoms. The number of halogens is 3. The summed E-state index contributed by atoms with van der Waals surface area (Å²) in [7, 11) is 0. The molecule has 0 N–H and O–H groups in total. The normalized spacial score (nSPS) is 12.2. The standard InChI is InChI=1S/C12H7BrCl2N2O/c13-9(7-3-1-5-16-11(7)14)10(18)8-4-2-6-17-12(8)15/h1-6,9H. The molecule has 1 atom stereocenters. The van der Waals surface area contributed by atoms with Gasteiger partial charge in [0, 0.05) is 18.0 Å². The quantitative estimate of drug-likeness (QED) is 0.477. The number of ketones is 1. The Hall–Kier alpha value is -0.970. The van der Waals surface area contributed by atoms with Gasteiger partial charge in [0.25, 0.3) is 0 Å². The number of carbonyl (C=O) groups excluding carboxylic acids is 1. The molecular weight excluding hydrogens is 339 g/mol. The molecule has 2 rings (SSSR count). The first-order chi connectivity index (χ1) is 8.61. The number of rotatable bonds is 3. The maximum absolute atomic E-state index is 12.3. The lowest BCUT2D eigenvalue weighted by Crippen LogP contribution is -2.09. The number of Topliss-reactive ketones (excluding diaryl/α,β-unsaturated/α-hetero) is 1. The SMILES string of the molecule is O=C(c1cccnc1Cl)C(Br)c1cccnc1Cl. The zero-order chi connectivity index (χ0) is 13.1. The van der Waals surface area contributed by atoms with Crippen molar-refractivity contribution in [2.45, 2.75) is 4.83 Å². The molecule has 2 heterocycles. The average Bonchev–Trinajstić information content (AvgIpc) is 2.38. The Morgan fingerprint density at radius 2 is 1.72 bits per heavy atom. The van der Waals surface area contributed by atoms with E-state index in [4.69, 9.17) is 23.2 Å². The van der Waals surface area contributed by atoms with E-state index in [1.54, 1.807) is 30.5 Å². The van der Waals surface area contributed by atoms with Gasteiger partial charge in [-0.25, -0.2) is 9.97 Å². The van der Waals surface area contributed by atoms with Crippen LogP contribution in [0.25, 0.3) is 0 Å². The van der Waals surface area contributed by atoms with Gasteiger partial charge in [0.1, 0.15) is 15.1 Å². The first-order valence-corrected chi connectivity index (χ1v) is 6.67. The Labute approximate surface area is 122 Å². The second kappa shape index (κ2) is 5.78. The van der Waals surface area contributed by atoms with E-state index < -0.39 is 4.83 Å². The Kier molecular flexibility index (Phi) is 4.32. The van der Waals surface area contributed by atoms with Gasteiger partial charge in [-0.1, -0.05) is 45.2 Å². The van der Waals surface area contributed by atoms with E-state index in [1.165, 1.54) is 6.20 Å². The molecule has 18 heavy (non-hydrogen) atoms. The zero-order valence-corrected chi connectivity index (χ0v) is 12.1. The van der Waals surface area contributed by atoms with Gasteiger partial charge in [-0.15, -0.1) is 0 Å². The molecule has 0 saturated heterocycles. The van der Waals surface area contributed by atoms with E-state index in [-0.39, 0.29) is 16.1 Å². The number of aromatic nitrogens is 2. The van der Waals surface area contributed by atoms with Crippen molar-refractivity contribution in [3.8, 4) is 0 Å². The summed E-state index contributed by atoms with van der Waals surface area (Å²) in [5.74, 6) is -0.206. The highest BCUT2D eigenvalue weighted by atomic mass is 79.9.